The topological polar surface area (TPSA) is 99.2 Å². The van der Waals surface area contributed by atoms with Crippen LogP contribution in [0.1, 0.15) is 11.4 Å². The summed E-state index contributed by atoms with van der Waals surface area (Å²) in [6.45, 7) is 1.41. The Morgan fingerprint density at radius 1 is 1.04 bits per heavy atom. The molecule has 0 bridgehead atoms. The van der Waals surface area contributed by atoms with Crippen molar-refractivity contribution in [2.24, 2.45) is 4.99 Å². The summed E-state index contributed by atoms with van der Waals surface area (Å²) >= 11 is 0. The number of imidazole rings is 1. The summed E-state index contributed by atoms with van der Waals surface area (Å²) in [5.41, 5.74) is 3.08. The van der Waals surface area contributed by atoms with Gasteiger partial charge in [0.1, 0.15) is 5.82 Å². The monoisotopic (exact) mass is 399 g/mol. The number of benzene rings is 2. The molecule has 28 heavy (non-hydrogen) atoms. The summed E-state index contributed by atoms with van der Waals surface area (Å²) in [5, 5.41) is 6.54. The molecule has 148 valence electrons. The van der Waals surface area contributed by atoms with Crippen molar-refractivity contribution >= 4 is 26.8 Å². The maximum atomic E-state index is 11.5. The predicted molar refractivity (Wildman–Crippen MR) is 112 cm³/mol. The van der Waals surface area contributed by atoms with Crippen molar-refractivity contribution in [1.29, 1.82) is 0 Å². The molecule has 3 aromatic rings. The second-order valence-corrected chi connectivity index (χ2v) is 8.56. The lowest BCUT2D eigenvalue weighted by molar-refractivity contribution is 0.602. The third-order valence-electron chi connectivity index (χ3n) is 4.37. The molecular weight excluding hydrogens is 374 g/mol. The van der Waals surface area contributed by atoms with E-state index in [-0.39, 0.29) is 0 Å². The molecule has 0 amide bonds. The number of rotatable bonds is 7. The molecule has 0 saturated heterocycles. The lowest BCUT2D eigenvalue weighted by atomic mass is 10.1. The molecule has 0 spiro atoms. The number of hydrogen-bond donors (Lipinski definition) is 3. The molecule has 0 saturated carbocycles. The van der Waals surface area contributed by atoms with Crippen LogP contribution in [0, 0.1) is 0 Å². The van der Waals surface area contributed by atoms with Crippen LogP contribution in [0.4, 0.5) is 0 Å². The van der Waals surface area contributed by atoms with Crippen LogP contribution < -0.4 is 10.6 Å². The molecule has 0 aliphatic rings. The maximum absolute atomic E-state index is 11.5. The van der Waals surface area contributed by atoms with E-state index in [1.54, 1.807) is 19.2 Å². The summed E-state index contributed by atoms with van der Waals surface area (Å²) in [6, 6.07) is 14.9. The van der Waals surface area contributed by atoms with Crippen LogP contribution in [0.15, 0.2) is 58.4 Å². The minimum absolute atomic E-state index is 0.340. The van der Waals surface area contributed by atoms with Crippen molar-refractivity contribution in [2.45, 2.75) is 17.7 Å². The average molecular weight is 400 g/mol. The number of aliphatic imine (C=N–C) groups is 1. The van der Waals surface area contributed by atoms with E-state index in [9.17, 15) is 8.42 Å². The number of sulfone groups is 1. The average Bonchev–Trinajstić information content (AvgIpc) is 3.09. The van der Waals surface area contributed by atoms with E-state index >= 15 is 0 Å². The lowest BCUT2D eigenvalue weighted by Gasteiger charge is -2.11. The van der Waals surface area contributed by atoms with E-state index in [0.717, 1.165) is 41.2 Å². The van der Waals surface area contributed by atoms with Crippen molar-refractivity contribution in [3.05, 3.63) is 59.9 Å². The quantitative estimate of drug-likeness (QED) is 0.416. The third kappa shape index (κ3) is 5.32. The van der Waals surface area contributed by atoms with Gasteiger partial charge in [0.2, 0.25) is 0 Å². The Hall–Kier alpha value is -2.87. The molecule has 2 aromatic carbocycles. The summed E-state index contributed by atoms with van der Waals surface area (Å²) in [4.78, 5) is 12.4. The van der Waals surface area contributed by atoms with Crippen LogP contribution in [0.25, 0.3) is 11.0 Å². The van der Waals surface area contributed by atoms with Gasteiger partial charge in [0, 0.05) is 32.8 Å². The van der Waals surface area contributed by atoms with Crippen molar-refractivity contribution in [1.82, 2.24) is 20.6 Å². The summed E-state index contributed by atoms with van der Waals surface area (Å²) in [5.74, 6) is 1.67. The Kier molecular flexibility index (Phi) is 6.30. The third-order valence-corrected chi connectivity index (χ3v) is 5.50. The smallest absolute Gasteiger partial charge is 0.191 e. The van der Waals surface area contributed by atoms with Crippen LogP contribution in [0.3, 0.4) is 0 Å². The van der Waals surface area contributed by atoms with Gasteiger partial charge >= 0.3 is 0 Å². The number of hydrogen-bond acceptors (Lipinski definition) is 4. The minimum Gasteiger partial charge on any atom is -0.356 e. The van der Waals surface area contributed by atoms with Gasteiger partial charge in [0.15, 0.2) is 15.8 Å². The first kappa shape index (κ1) is 19.9. The highest BCUT2D eigenvalue weighted by atomic mass is 32.2. The van der Waals surface area contributed by atoms with E-state index in [1.165, 1.54) is 6.26 Å². The minimum atomic E-state index is -3.15. The van der Waals surface area contributed by atoms with Crippen LogP contribution in [-0.4, -0.2) is 50.7 Å². The highest BCUT2D eigenvalue weighted by Gasteiger charge is 2.06. The molecule has 7 nitrogen and oxygen atoms in total. The van der Waals surface area contributed by atoms with Crippen molar-refractivity contribution < 1.29 is 8.42 Å². The van der Waals surface area contributed by atoms with E-state index < -0.39 is 9.84 Å². The lowest BCUT2D eigenvalue weighted by Crippen LogP contribution is -2.39. The molecule has 1 aromatic heterocycles. The van der Waals surface area contributed by atoms with Gasteiger partial charge in [-0.05, 0) is 36.2 Å². The molecule has 3 rings (SSSR count). The molecule has 0 aliphatic heterocycles. The van der Waals surface area contributed by atoms with Crippen molar-refractivity contribution in [3.8, 4) is 0 Å². The van der Waals surface area contributed by atoms with Crippen LogP contribution in [0.5, 0.6) is 0 Å². The van der Waals surface area contributed by atoms with Gasteiger partial charge in [-0.1, -0.05) is 24.3 Å². The SMILES string of the molecule is CN=C(NCCc1ccc(S(C)(=O)=O)cc1)NCCc1nc2ccccc2[nH]1. The second-order valence-electron chi connectivity index (χ2n) is 6.54. The molecule has 1 heterocycles. The zero-order valence-corrected chi connectivity index (χ0v) is 16.9. The van der Waals surface area contributed by atoms with Crippen LogP contribution >= 0.6 is 0 Å². The molecule has 0 radical (unpaired) electrons. The van der Waals surface area contributed by atoms with Gasteiger partial charge in [-0.15, -0.1) is 0 Å². The van der Waals surface area contributed by atoms with E-state index in [4.69, 9.17) is 0 Å². The van der Waals surface area contributed by atoms with Gasteiger partial charge in [-0.2, -0.15) is 0 Å². The molecule has 0 unspecified atom stereocenters. The molecule has 3 N–H and O–H groups in total. The number of para-hydroxylation sites is 2. The van der Waals surface area contributed by atoms with Crippen LogP contribution in [0.2, 0.25) is 0 Å². The van der Waals surface area contributed by atoms with E-state index in [2.05, 4.69) is 25.6 Å². The Balaban J connectivity index is 1.43. The van der Waals surface area contributed by atoms with E-state index in [0.29, 0.717) is 18.0 Å². The molecule has 0 fully saturated rings. The Bertz CT molecular complexity index is 1020. The molecule has 8 heteroatoms. The first-order valence-electron chi connectivity index (χ1n) is 9.13. The fourth-order valence-electron chi connectivity index (χ4n) is 2.87. The van der Waals surface area contributed by atoms with Gasteiger partial charge < -0.3 is 15.6 Å². The Labute approximate surface area is 165 Å². The predicted octanol–water partition coefficient (Wildman–Crippen LogP) is 1.92. The fourth-order valence-corrected chi connectivity index (χ4v) is 3.50. The Morgan fingerprint density at radius 3 is 2.36 bits per heavy atom. The highest BCUT2D eigenvalue weighted by Crippen LogP contribution is 2.11. The first-order valence-corrected chi connectivity index (χ1v) is 11.0. The van der Waals surface area contributed by atoms with Gasteiger partial charge in [-0.25, -0.2) is 13.4 Å². The first-order chi connectivity index (χ1) is 13.5. The Morgan fingerprint density at radius 2 is 1.71 bits per heavy atom. The number of aromatic nitrogens is 2. The molecule has 0 aliphatic carbocycles. The number of aromatic amines is 1. The summed E-state index contributed by atoms with van der Waals surface area (Å²) < 4.78 is 23.0. The molecular formula is C20H25N5O2S. The highest BCUT2D eigenvalue weighted by molar-refractivity contribution is 7.90. The van der Waals surface area contributed by atoms with Gasteiger partial charge in [0.25, 0.3) is 0 Å². The summed E-state index contributed by atoms with van der Waals surface area (Å²) in [6.07, 6.45) is 2.75. The standard InChI is InChI=1S/C20H25N5O2S/c1-21-20(22-13-11-15-7-9-16(10-8-15)28(2,26)27)23-14-12-19-24-17-5-3-4-6-18(17)25-19/h3-10H,11-14H2,1-2H3,(H,24,25)(H2,21,22,23). The number of H-pyrrole nitrogens is 1. The van der Waals surface area contributed by atoms with Crippen LogP contribution in [-0.2, 0) is 22.7 Å². The summed E-state index contributed by atoms with van der Waals surface area (Å²) in [7, 11) is -1.42. The maximum Gasteiger partial charge on any atom is 0.191 e. The van der Waals surface area contributed by atoms with Crippen molar-refractivity contribution in [2.75, 3.05) is 26.4 Å². The fraction of sp³-hybridized carbons (Fsp3) is 0.300. The second kappa shape index (κ2) is 8.88. The van der Waals surface area contributed by atoms with E-state index in [1.807, 2.05) is 36.4 Å². The normalized spacial score (nSPS) is 12.3. The van der Waals surface area contributed by atoms with Gasteiger partial charge in [0.05, 0.1) is 15.9 Å². The van der Waals surface area contributed by atoms with Crippen molar-refractivity contribution in [3.63, 3.8) is 0 Å². The van der Waals surface area contributed by atoms with Gasteiger partial charge in [-0.3, -0.25) is 4.99 Å². The zero-order chi connectivity index (χ0) is 20.0. The molecule has 0 atom stereocenters. The number of guanidine groups is 1. The number of fused-ring (bicyclic) bond motifs is 1. The number of nitrogens with zero attached hydrogens (tertiary/aromatic N) is 2. The largest absolute Gasteiger partial charge is 0.356 e. The zero-order valence-electron chi connectivity index (χ0n) is 16.1. The number of nitrogens with one attached hydrogen (secondary N) is 3.